The summed E-state index contributed by atoms with van der Waals surface area (Å²) in [5, 5.41) is 10.5. The Hall–Kier alpha value is -1.76. The summed E-state index contributed by atoms with van der Waals surface area (Å²) in [6.07, 6.45) is -0.637. The smallest absolute Gasteiger partial charge is 0.413 e. The third-order valence-electron chi connectivity index (χ3n) is 2.24. The molecule has 20 heavy (non-hydrogen) atoms. The minimum Gasteiger partial charge on any atom is -0.444 e. The summed E-state index contributed by atoms with van der Waals surface area (Å²) in [5.74, 6) is -0.282. The van der Waals surface area contributed by atoms with Crippen LogP contribution < -0.4 is 5.32 Å². The Labute approximate surface area is 123 Å². The first-order valence-corrected chi connectivity index (χ1v) is 6.66. The maximum atomic E-state index is 13.6. The fraction of sp³-hybridized carbons (Fsp3) is 0.308. The second kappa shape index (κ2) is 5.32. The lowest BCUT2D eigenvalue weighted by Gasteiger charge is -2.19. The van der Waals surface area contributed by atoms with E-state index in [1.165, 1.54) is 12.1 Å². The molecule has 106 valence electrons. The predicted octanol–water partition coefficient (Wildman–Crippen LogP) is 3.88. The Balaban J connectivity index is 2.26. The van der Waals surface area contributed by atoms with Crippen molar-refractivity contribution in [3.05, 3.63) is 28.5 Å². The number of halogens is 2. The van der Waals surface area contributed by atoms with Crippen molar-refractivity contribution < 1.29 is 13.9 Å². The molecule has 0 aliphatic carbocycles. The Morgan fingerprint density at radius 2 is 2.00 bits per heavy atom. The summed E-state index contributed by atoms with van der Waals surface area (Å²) in [4.78, 5) is 11.6. The number of fused-ring (bicyclic) bond motifs is 1. The van der Waals surface area contributed by atoms with Crippen molar-refractivity contribution >= 4 is 38.7 Å². The van der Waals surface area contributed by atoms with Crippen molar-refractivity contribution in [2.75, 3.05) is 5.32 Å². The van der Waals surface area contributed by atoms with E-state index in [1.54, 1.807) is 26.8 Å². The molecule has 5 nitrogen and oxygen atoms in total. The highest BCUT2D eigenvalue weighted by Crippen LogP contribution is 2.23. The molecule has 0 bridgehead atoms. The van der Waals surface area contributed by atoms with Gasteiger partial charge in [0.1, 0.15) is 11.1 Å². The number of nitrogens with one attached hydrogen (secondary N) is 1. The van der Waals surface area contributed by atoms with Gasteiger partial charge in [-0.05, 0) is 39.0 Å². The number of aromatic nitrogens is 2. The standard InChI is InChI=1S/C13H13BrFN3O2/c1-13(2,3)20-12(19)16-10-5-7-4-8(14)6-9(15)11(7)18-17-10/h4-6H,1-3H3,(H,16,17,19). The highest BCUT2D eigenvalue weighted by atomic mass is 79.9. The summed E-state index contributed by atoms with van der Waals surface area (Å²) in [5.41, 5.74) is -0.466. The zero-order valence-electron chi connectivity index (χ0n) is 11.2. The molecular formula is C13H13BrFN3O2. The van der Waals surface area contributed by atoms with Gasteiger partial charge in [0.05, 0.1) is 0 Å². The molecule has 0 aliphatic heterocycles. The summed E-state index contributed by atoms with van der Waals surface area (Å²) in [6.45, 7) is 5.27. The van der Waals surface area contributed by atoms with Crippen LogP contribution in [0.5, 0.6) is 0 Å². The molecule has 0 atom stereocenters. The van der Waals surface area contributed by atoms with Crippen molar-refractivity contribution in [1.29, 1.82) is 0 Å². The topological polar surface area (TPSA) is 64.1 Å². The molecule has 1 aromatic carbocycles. The van der Waals surface area contributed by atoms with Gasteiger partial charge < -0.3 is 4.74 Å². The molecule has 2 rings (SSSR count). The minimum absolute atomic E-state index is 0.142. The molecule has 1 amide bonds. The van der Waals surface area contributed by atoms with Gasteiger partial charge in [-0.3, -0.25) is 5.32 Å². The number of benzene rings is 1. The number of nitrogens with zero attached hydrogens (tertiary/aromatic N) is 2. The van der Waals surface area contributed by atoms with E-state index >= 15 is 0 Å². The van der Waals surface area contributed by atoms with Crippen LogP contribution in [0, 0.1) is 5.82 Å². The van der Waals surface area contributed by atoms with Gasteiger partial charge in [-0.1, -0.05) is 15.9 Å². The van der Waals surface area contributed by atoms with Crippen LogP contribution in [0.4, 0.5) is 15.0 Å². The molecule has 0 unspecified atom stereocenters. The summed E-state index contributed by atoms with van der Waals surface area (Å²) < 4.78 is 19.3. The van der Waals surface area contributed by atoms with Gasteiger partial charge in [0.2, 0.25) is 0 Å². The zero-order valence-corrected chi connectivity index (χ0v) is 12.8. The van der Waals surface area contributed by atoms with E-state index in [0.717, 1.165) is 0 Å². The van der Waals surface area contributed by atoms with E-state index in [1.807, 2.05) is 0 Å². The summed E-state index contributed by atoms with van der Waals surface area (Å²) in [6, 6.07) is 4.52. The fourth-order valence-corrected chi connectivity index (χ4v) is 2.00. The van der Waals surface area contributed by atoms with Crippen molar-refractivity contribution in [2.45, 2.75) is 26.4 Å². The number of hydrogen-bond acceptors (Lipinski definition) is 4. The van der Waals surface area contributed by atoms with Gasteiger partial charge in [0, 0.05) is 9.86 Å². The van der Waals surface area contributed by atoms with E-state index in [9.17, 15) is 9.18 Å². The van der Waals surface area contributed by atoms with Crippen LogP contribution in [-0.2, 0) is 4.74 Å². The van der Waals surface area contributed by atoms with Crippen LogP contribution in [0.3, 0.4) is 0 Å². The maximum Gasteiger partial charge on any atom is 0.413 e. The van der Waals surface area contributed by atoms with E-state index < -0.39 is 17.5 Å². The average molecular weight is 342 g/mol. The highest BCUT2D eigenvalue weighted by Gasteiger charge is 2.17. The van der Waals surface area contributed by atoms with Crippen molar-refractivity contribution in [1.82, 2.24) is 10.2 Å². The Morgan fingerprint density at radius 1 is 1.30 bits per heavy atom. The number of amides is 1. The molecule has 7 heteroatoms. The van der Waals surface area contributed by atoms with E-state index in [0.29, 0.717) is 9.86 Å². The molecular weight excluding hydrogens is 329 g/mol. The molecule has 1 heterocycles. The van der Waals surface area contributed by atoms with Crippen LogP contribution in [0.15, 0.2) is 22.7 Å². The van der Waals surface area contributed by atoms with Crippen molar-refractivity contribution in [3.63, 3.8) is 0 Å². The van der Waals surface area contributed by atoms with Crippen molar-refractivity contribution in [3.8, 4) is 0 Å². The van der Waals surface area contributed by atoms with E-state index in [-0.39, 0.29) is 11.3 Å². The average Bonchev–Trinajstić information content (AvgIpc) is 2.24. The van der Waals surface area contributed by atoms with Gasteiger partial charge >= 0.3 is 6.09 Å². The quantitative estimate of drug-likeness (QED) is 0.854. The van der Waals surface area contributed by atoms with Crippen LogP contribution >= 0.6 is 15.9 Å². The molecule has 0 fully saturated rings. The van der Waals surface area contributed by atoms with Gasteiger partial charge in [-0.25, -0.2) is 9.18 Å². The predicted molar refractivity (Wildman–Crippen MR) is 77.1 cm³/mol. The third kappa shape index (κ3) is 3.63. The first-order valence-electron chi connectivity index (χ1n) is 5.87. The number of anilines is 1. The first kappa shape index (κ1) is 14.6. The third-order valence-corrected chi connectivity index (χ3v) is 2.69. The van der Waals surface area contributed by atoms with Gasteiger partial charge in [-0.15, -0.1) is 10.2 Å². The van der Waals surface area contributed by atoms with Crippen LogP contribution in [0.1, 0.15) is 20.8 Å². The largest absolute Gasteiger partial charge is 0.444 e. The van der Waals surface area contributed by atoms with Crippen molar-refractivity contribution in [2.24, 2.45) is 0 Å². The fourth-order valence-electron chi connectivity index (χ4n) is 1.55. The Morgan fingerprint density at radius 3 is 2.65 bits per heavy atom. The van der Waals surface area contributed by atoms with E-state index in [2.05, 4.69) is 31.4 Å². The van der Waals surface area contributed by atoms with Crippen LogP contribution in [0.25, 0.3) is 10.9 Å². The molecule has 0 spiro atoms. The normalized spacial score (nSPS) is 11.4. The second-order valence-corrected chi connectivity index (χ2v) is 6.10. The molecule has 0 saturated carbocycles. The Kier molecular flexibility index (Phi) is 3.89. The summed E-state index contributed by atoms with van der Waals surface area (Å²) in [7, 11) is 0. The minimum atomic E-state index is -0.637. The lowest BCUT2D eigenvalue weighted by Crippen LogP contribution is -2.27. The number of carbonyl (C=O) groups excluding carboxylic acids is 1. The monoisotopic (exact) mass is 341 g/mol. The molecule has 0 saturated heterocycles. The number of carbonyl (C=O) groups is 1. The van der Waals surface area contributed by atoms with Gasteiger partial charge in [-0.2, -0.15) is 0 Å². The SMILES string of the molecule is CC(C)(C)OC(=O)Nc1cc2cc(Br)cc(F)c2nn1. The highest BCUT2D eigenvalue weighted by molar-refractivity contribution is 9.10. The molecule has 0 radical (unpaired) electrons. The number of rotatable bonds is 1. The van der Waals surface area contributed by atoms with Gasteiger partial charge in [0.15, 0.2) is 11.6 Å². The maximum absolute atomic E-state index is 13.6. The van der Waals surface area contributed by atoms with Crippen LogP contribution in [-0.4, -0.2) is 21.9 Å². The zero-order chi connectivity index (χ0) is 14.9. The van der Waals surface area contributed by atoms with Crippen LogP contribution in [0.2, 0.25) is 0 Å². The lowest BCUT2D eigenvalue weighted by molar-refractivity contribution is 0.0635. The second-order valence-electron chi connectivity index (χ2n) is 5.18. The Bertz CT molecular complexity index is 670. The van der Waals surface area contributed by atoms with E-state index in [4.69, 9.17) is 4.74 Å². The lowest BCUT2D eigenvalue weighted by atomic mass is 10.2. The first-order chi connectivity index (χ1) is 9.24. The molecule has 0 aliphatic rings. The molecule has 1 aromatic heterocycles. The molecule has 2 aromatic rings. The molecule has 1 N–H and O–H groups in total. The number of ether oxygens (including phenoxy) is 1. The number of hydrogen-bond donors (Lipinski definition) is 1. The van der Waals surface area contributed by atoms with Gasteiger partial charge in [0.25, 0.3) is 0 Å². The summed E-state index contributed by atoms with van der Waals surface area (Å²) >= 11 is 3.20.